The highest BCUT2D eigenvalue weighted by molar-refractivity contribution is 6.00. The molecule has 0 bridgehead atoms. The Hall–Kier alpha value is -4.87. The van der Waals surface area contributed by atoms with Gasteiger partial charge in [-0.3, -0.25) is 15.1 Å². The van der Waals surface area contributed by atoms with Crippen LogP contribution in [0.1, 0.15) is 5.56 Å². The highest BCUT2D eigenvalue weighted by atomic mass is 19.4. The van der Waals surface area contributed by atoms with Crippen LogP contribution in [0.3, 0.4) is 0 Å². The molecule has 0 fully saturated rings. The van der Waals surface area contributed by atoms with Gasteiger partial charge in [0.25, 0.3) is 5.69 Å². The zero-order valence-corrected chi connectivity index (χ0v) is 18.6. The van der Waals surface area contributed by atoms with Crippen LogP contribution in [0, 0.1) is 10.1 Å². The lowest BCUT2D eigenvalue weighted by atomic mass is 10.1. The summed E-state index contributed by atoms with van der Waals surface area (Å²) in [4.78, 5) is 26.4. The second-order valence-corrected chi connectivity index (χ2v) is 7.64. The molecule has 0 atom stereocenters. The van der Waals surface area contributed by atoms with E-state index in [1.807, 2.05) is 30.1 Å². The number of rotatable bonds is 6. The summed E-state index contributed by atoms with van der Waals surface area (Å²) in [5, 5.41) is 15.6. The summed E-state index contributed by atoms with van der Waals surface area (Å²) in [5.74, 6) is 0.906. The standard InChI is InChI=1S/C24H18F3N5O4/c1-31-10-8-15(14-31)21-13-19(7-9-28-21)36-18-4-2-3-16(11-18)29-23(33)30-17-5-6-22(32(34)35)20(12-17)24(25,26)27/h2-14H,1H3,(H2,29,30,33). The first-order chi connectivity index (χ1) is 17.1. The Balaban J connectivity index is 1.45. The van der Waals surface area contributed by atoms with Crippen LogP contribution in [0.5, 0.6) is 11.5 Å². The number of ether oxygens (including phenoxy) is 1. The number of aromatic nitrogens is 2. The second kappa shape index (κ2) is 9.78. The van der Waals surface area contributed by atoms with Gasteiger partial charge in [0.05, 0.1) is 10.6 Å². The molecule has 2 N–H and O–H groups in total. The zero-order valence-electron chi connectivity index (χ0n) is 18.6. The molecular formula is C24H18F3N5O4. The minimum atomic E-state index is -4.96. The summed E-state index contributed by atoms with van der Waals surface area (Å²) in [6.45, 7) is 0. The lowest BCUT2D eigenvalue weighted by molar-refractivity contribution is -0.388. The Morgan fingerprint density at radius 3 is 2.42 bits per heavy atom. The van der Waals surface area contributed by atoms with E-state index in [-0.39, 0.29) is 5.69 Å². The Morgan fingerprint density at radius 1 is 1.03 bits per heavy atom. The molecule has 12 heteroatoms. The van der Waals surface area contributed by atoms with E-state index < -0.39 is 28.4 Å². The quantitative estimate of drug-likeness (QED) is 0.235. The van der Waals surface area contributed by atoms with E-state index >= 15 is 0 Å². The molecule has 0 aliphatic carbocycles. The molecule has 2 amide bonds. The second-order valence-electron chi connectivity index (χ2n) is 7.64. The number of nitro groups is 1. The maximum absolute atomic E-state index is 13.2. The van der Waals surface area contributed by atoms with Crippen LogP contribution in [0.4, 0.5) is 35.0 Å². The summed E-state index contributed by atoms with van der Waals surface area (Å²) in [6, 6.07) is 13.1. The van der Waals surface area contributed by atoms with Gasteiger partial charge in [0, 0.05) is 60.8 Å². The first-order valence-electron chi connectivity index (χ1n) is 10.4. The number of alkyl halides is 3. The third-order valence-electron chi connectivity index (χ3n) is 4.94. The lowest BCUT2D eigenvalue weighted by Crippen LogP contribution is -2.20. The molecule has 4 rings (SSSR count). The maximum atomic E-state index is 13.2. The number of hydrogen-bond donors (Lipinski definition) is 2. The van der Waals surface area contributed by atoms with Crippen LogP contribution < -0.4 is 15.4 Å². The predicted molar refractivity (Wildman–Crippen MR) is 126 cm³/mol. The Morgan fingerprint density at radius 2 is 1.75 bits per heavy atom. The lowest BCUT2D eigenvalue weighted by Gasteiger charge is -2.12. The first kappa shape index (κ1) is 24.3. The average molecular weight is 497 g/mol. The normalized spacial score (nSPS) is 11.1. The van der Waals surface area contributed by atoms with E-state index in [9.17, 15) is 28.1 Å². The SMILES string of the molecule is Cn1ccc(-c2cc(Oc3cccc(NC(=O)Nc4ccc([N+](=O)[O-])c(C(F)(F)F)c4)c3)ccn2)c1. The summed E-state index contributed by atoms with van der Waals surface area (Å²) < 4.78 is 47.3. The van der Waals surface area contributed by atoms with Crippen molar-refractivity contribution in [2.45, 2.75) is 6.18 Å². The zero-order chi connectivity index (χ0) is 25.9. The Bertz CT molecular complexity index is 1440. The molecule has 9 nitrogen and oxygen atoms in total. The van der Waals surface area contributed by atoms with Gasteiger partial charge in [0.15, 0.2) is 0 Å². The number of nitro benzene ring substituents is 1. The number of amides is 2. The fourth-order valence-electron chi connectivity index (χ4n) is 3.35. The minimum Gasteiger partial charge on any atom is -0.457 e. The number of anilines is 2. The smallest absolute Gasteiger partial charge is 0.423 e. The van der Waals surface area contributed by atoms with Crippen molar-refractivity contribution in [3.05, 3.63) is 94.9 Å². The highest BCUT2D eigenvalue weighted by Crippen LogP contribution is 2.37. The van der Waals surface area contributed by atoms with Crippen LogP contribution in [-0.4, -0.2) is 20.5 Å². The molecule has 2 heterocycles. The Labute approximate surface area is 202 Å². The van der Waals surface area contributed by atoms with Gasteiger partial charge < -0.3 is 19.9 Å². The summed E-state index contributed by atoms with van der Waals surface area (Å²) >= 11 is 0. The third kappa shape index (κ3) is 5.78. The van der Waals surface area contributed by atoms with Crippen LogP contribution in [0.25, 0.3) is 11.3 Å². The topological polar surface area (TPSA) is 111 Å². The molecule has 36 heavy (non-hydrogen) atoms. The molecule has 0 spiro atoms. The molecule has 2 aromatic carbocycles. The number of pyridine rings is 1. The molecule has 0 aliphatic heterocycles. The van der Waals surface area contributed by atoms with Gasteiger partial charge in [0.1, 0.15) is 17.1 Å². The van der Waals surface area contributed by atoms with Gasteiger partial charge >= 0.3 is 12.2 Å². The number of urea groups is 1. The van der Waals surface area contributed by atoms with Crippen molar-refractivity contribution in [2.24, 2.45) is 7.05 Å². The van der Waals surface area contributed by atoms with Crippen molar-refractivity contribution in [2.75, 3.05) is 10.6 Å². The third-order valence-corrected chi connectivity index (χ3v) is 4.94. The minimum absolute atomic E-state index is 0.261. The number of aryl methyl sites for hydroxylation is 1. The molecule has 0 unspecified atom stereocenters. The van der Waals surface area contributed by atoms with Gasteiger partial charge in [-0.25, -0.2) is 4.79 Å². The molecule has 0 saturated heterocycles. The summed E-state index contributed by atoms with van der Waals surface area (Å²) in [7, 11) is 1.90. The largest absolute Gasteiger partial charge is 0.457 e. The van der Waals surface area contributed by atoms with E-state index in [1.54, 1.807) is 36.5 Å². The van der Waals surface area contributed by atoms with Crippen LogP contribution in [0.15, 0.2) is 79.3 Å². The Kier molecular flexibility index (Phi) is 6.59. The number of nitrogens with zero attached hydrogens (tertiary/aromatic N) is 3. The summed E-state index contributed by atoms with van der Waals surface area (Å²) in [5.41, 5.74) is -0.904. The van der Waals surface area contributed by atoms with Gasteiger partial charge in [0.2, 0.25) is 0 Å². The van der Waals surface area contributed by atoms with E-state index in [4.69, 9.17) is 4.74 Å². The first-order valence-corrected chi connectivity index (χ1v) is 10.4. The molecule has 0 aliphatic rings. The van der Waals surface area contributed by atoms with E-state index in [0.29, 0.717) is 35.0 Å². The van der Waals surface area contributed by atoms with Crippen molar-refractivity contribution in [3.8, 4) is 22.8 Å². The van der Waals surface area contributed by atoms with Crippen molar-refractivity contribution in [1.29, 1.82) is 0 Å². The van der Waals surface area contributed by atoms with Crippen LogP contribution >= 0.6 is 0 Å². The molecular weight excluding hydrogens is 479 g/mol. The van der Waals surface area contributed by atoms with Gasteiger partial charge in [-0.2, -0.15) is 13.2 Å². The van der Waals surface area contributed by atoms with Crippen molar-refractivity contribution < 1.29 is 27.6 Å². The highest BCUT2D eigenvalue weighted by Gasteiger charge is 2.38. The van der Waals surface area contributed by atoms with Gasteiger partial charge in [-0.1, -0.05) is 6.07 Å². The molecule has 184 valence electrons. The number of benzene rings is 2. The fraction of sp³-hybridized carbons (Fsp3) is 0.0833. The fourth-order valence-corrected chi connectivity index (χ4v) is 3.35. The van der Waals surface area contributed by atoms with Crippen LogP contribution in [-0.2, 0) is 13.2 Å². The van der Waals surface area contributed by atoms with Gasteiger partial charge in [-0.05, 0) is 36.4 Å². The monoisotopic (exact) mass is 497 g/mol. The number of carbonyl (C=O) groups excluding carboxylic acids is 1. The van der Waals surface area contributed by atoms with E-state index in [1.165, 1.54) is 6.07 Å². The van der Waals surface area contributed by atoms with Crippen LogP contribution in [0.2, 0.25) is 0 Å². The van der Waals surface area contributed by atoms with Crippen molar-refractivity contribution in [1.82, 2.24) is 9.55 Å². The molecule has 2 aromatic heterocycles. The van der Waals surface area contributed by atoms with Crippen molar-refractivity contribution >= 4 is 23.1 Å². The number of carbonyl (C=O) groups is 1. The molecule has 0 saturated carbocycles. The molecule has 4 aromatic rings. The number of hydrogen-bond acceptors (Lipinski definition) is 5. The molecule has 0 radical (unpaired) electrons. The van der Waals surface area contributed by atoms with Gasteiger partial charge in [-0.15, -0.1) is 0 Å². The number of nitrogens with one attached hydrogen (secondary N) is 2. The van der Waals surface area contributed by atoms with E-state index in [2.05, 4.69) is 15.6 Å². The maximum Gasteiger partial charge on any atom is 0.423 e. The average Bonchev–Trinajstić information content (AvgIpc) is 3.25. The van der Waals surface area contributed by atoms with E-state index in [0.717, 1.165) is 11.6 Å². The predicted octanol–water partition coefficient (Wildman–Crippen LogP) is 6.45. The number of halogens is 3. The van der Waals surface area contributed by atoms with Crippen molar-refractivity contribution in [3.63, 3.8) is 0 Å². The summed E-state index contributed by atoms with van der Waals surface area (Å²) in [6.07, 6.45) is 0.450.